The number of nitrogens with zero attached hydrogens (tertiary/aromatic N) is 1. The van der Waals surface area contributed by atoms with E-state index in [4.69, 9.17) is 4.42 Å². The summed E-state index contributed by atoms with van der Waals surface area (Å²) in [5, 5.41) is 0. The standard InChI is InChI=1S/C12H19NO2/c1-10(14)12(2,3)9-13(4)7-11-5-6-15-8-11/h5-6,8H,7,9H2,1-4H3. The lowest BCUT2D eigenvalue weighted by molar-refractivity contribution is -0.125. The van der Waals surface area contributed by atoms with E-state index in [1.165, 1.54) is 0 Å². The Hall–Kier alpha value is -1.09. The number of hydrogen-bond acceptors (Lipinski definition) is 3. The molecule has 0 atom stereocenters. The zero-order chi connectivity index (χ0) is 11.5. The molecular weight excluding hydrogens is 190 g/mol. The minimum atomic E-state index is -0.279. The molecule has 15 heavy (non-hydrogen) atoms. The van der Waals surface area contributed by atoms with Crippen LogP contribution in [0.15, 0.2) is 23.0 Å². The first-order valence-corrected chi connectivity index (χ1v) is 5.12. The Morgan fingerprint density at radius 3 is 2.67 bits per heavy atom. The number of ketones is 1. The first-order valence-electron chi connectivity index (χ1n) is 5.12. The third-order valence-corrected chi connectivity index (χ3v) is 2.65. The van der Waals surface area contributed by atoms with Gasteiger partial charge in [0.15, 0.2) is 0 Å². The van der Waals surface area contributed by atoms with Crippen molar-refractivity contribution in [2.45, 2.75) is 27.3 Å². The lowest BCUT2D eigenvalue weighted by Gasteiger charge is -2.27. The quantitative estimate of drug-likeness (QED) is 0.746. The molecule has 1 rings (SSSR count). The minimum Gasteiger partial charge on any atom is -0.472 e. The smallest absolute Gasteiger partial charge is 0.136 e. The fourth-order valence-electron chi connectivity index (χ4n) is 1.54. The molecule has 0 saturated carbocycles. The maximum atomic E-state index is 11.4. The zero-order valence-electron chi connectivity index (χ0n) is 9.91. The van der Waals surface area contributed by atoms with Gasteiger partial charge in [-0.25, -0.2) is 0 Å². The summed E-state index contributed by atoms with van der Waals surface area (Å²) in [4.78, 5) is 13.5. The molecule has 3 heteroatoms. The minimum absolute atomic E-state index is 0.224. The highest BCUT2D eigenvalue weighted by atomic mass is 16.3. The summed E-state index contributed by atoms with van der Waals surface area (Å²) in [6.45, 7) is 7.16. The van der Waals surface area contributed by atoms with E-state index in [0.29, 0.717) is 0 Å². The van der Waals surface area contributed by atoms with Crippen LogP contribution in [-0.2, 0) is 11.3 Å². The second-order valence-corrected chi connectivity index (χ2v) is 4.74. The van der Waals surface area contributed by atoms with Crippen molar-refractivity contribution in [3.05, 3.63) is 24.2 Å². The van der Waals surface area contributed by atoms with Crippen LogP contribution >= 0.6 is 0 Å². The molecule has 0 saturated heterocycles. The topological polar surface area (TPSA) is 33.5 Å². The maximum absolute atomic E-state index is 11.4. The van der Waals surface area contributed by atoms with Crippen molar-refractivity contribution >= 4 is 5.78 Å². The Morgan fingerprint density at radius 2 is 2.20 bits per heavy atom. The average Bonchev–Trinajstić information content (AvgIpc) is 2.54. The molecule has 0 aliphatic rings. The Balaban J connectivity index is 2.49. The van der Waals surface area contributed by atoms with Gasteiger partial charge in [0, 0.05) is 24.1 Å². The van der Waals surface area contributed by atoms with Gasteiger partial charge in [-0.05, 0) is 20.0 Å². The first-order chi connectivity index (χ1) is 6.92. The van der Waals surface area contributed by atoms with Gasteiger partial charge >= 0.3 is 0 Å². The zero-order valence-corrected chi connectivity index (χ0v) is 9.91. The highest BCUT2D eigenvalue weighted by Crippen LogP contribution is 2.18. The van der Waals surface area contributed by atoms with E-state index in [1.807, 2.05) is 27.0 Å². The summed E-state index contributed by atoms with van der Waals surface area (Å²) in [7, 11) is 2.01. The van der Waals surface area contributed by atoms with Crippen molar-refractivity contribution in [1.82, 2.24) is 4.90 Å². The molecular formula is C12H19NO2. The third kappa shape index (κ3) is 3.51. The monoisotopic (exact) mass is 209 g/mol. The number of rotatable bonds is 5. The van der Waals surface area contributed by atoms with Gasteiger partial charge in [-0.3, -0.25) is 4.79 Å². The van der Waals surface area contributed by atoms with E-state index in [-0.39, 0.29) is 11.2 Å². The normalized spacial score (nSPS) is 12.1. The van der Waals surface area contributed by atoms with Gasteiger partial charge in [-0.1, -0.05) is 13.8 Å². The number of hydrogen-bond donors (Lipinski definition) is 0. The van der Waals surface area contributed by atoms with Crippen molar-refractivity contribution in [2.75, 3.05) is 13.6 Å². The molecule has 84 valence electrons. The maximum Gasteiger partial charge on any atom is 0.136 e. The summed E-state index contributed by atoms with van der Waals surface area (Å²) in [6, 6.07) is 1.94. The van der Waals surface area contributed by atoms with Crippen LogP contribution in [0.5, 0.6) is 0 Å². The van der Waals surface area contributed by atoms with Crippen LogP contribution in [0.3, 0.4) is 0 Å². The molecule has 0 N–H and O–H groups in total. The molecule has 1 aromatic heterocycles. The van der Waals surface area contributed by atoms with E-state index in [0.717, 1.165) is 18.7 Å². The van der Waals surface area contributed by atoms with Crippen LogP contribution in [0.1, 0.15) is 26.3 Å². The summed E-state index contributed by atoms with van der Waals surface area (Å²) < 4.78 is 5.00. The van der Waals surface area contributed by atoms with Gasteiger partial charge in [0.2, 0.25) is 0 Å². The third-order valence-electron chi connectivity index (χ3n) is 2.65. The van der Waals surface area contributed by atoms with Crippen molar-refractivity contribution in [1.29, 1.82) is 0 Å². The van der Waals surface area contributed by atoms with Crippen LogP contribution in [0.4, 0.5) is 0 Å². The molecule has 0 aliphatic heterocycles. The van der Waals surface area contributed by atoms with E-state index in [2.05, 4.69) is 4.90 Å². The first kappa shape index (κ1) is 12.0. The molecule has 0 radical (unpaired) electrons. The van der Waals surface area contributed by atoms with Gasteiger partial charge in [-0.2, -0.15) is 0 Å². The second-order valence-electron chi connectivity index (χ2n) is 4.74. The number of Topliss-reactive ketones (excluding diaryl/α,β-unsaturated/α-hetero) is 1. The molecule has 0 bridgehead atoms. The second kappa shape index (κ2) is 4.62. The highest BCUT2D eigenvalue weighted by Gasteiger charge is 2.25. The number of furan rings is 1. The Labute approximate surface area is 91.1 Å². The van der Waals surface area contributed by atoms with Gasteiger partial charge < -0.3 is 9.32 Å². The highest BCUT2D eigenvalue weighted by molar-refractivity contribution is 5.81. The lowest BCUT2D eigenvalue weighted by Crippen LogP contribution is -2.35. The van der Waals surface area contributed by atoms with E-state index >= 15 is 0 Å². The van der Waals surface area contributed by atoms with Crippen LogP contribution in [-0.4, -0.2) is 24.3 Å². The van der Waals surface area contributed by atoms with Crippen LogP contribution in [0.2, 0.25) is 0 Å². The number of carbonyl (C=O) groups excluding carboxylic acids is 1. The van der Waals surface area contributed by atoms with E-state index in [9.17, 15) is 4.79 Å². The van der Waals surface area contributed by atoms with Gasteiger partial charge in [-0.15, -0.1) is 0 Å². The molecule has 0 fully saturated rings. The molecule has 0 aliphatic carbocycles. The molecule has 0 spiro atoms. The summed E-state index contributed by atoms with van der Waals surface area (Å²) >= 11 is 0. The van der Waals surface area contributed by atoms with Gasteiger partial charge in [0.25, 0.3) is 0 Å². The Bertz CT molecular complexity index is 314. The van der Waals surface area contributed by atoms with Crippen molar-refractivity contribution in [2.24, 2.45) is 5.41 Å². The summed E-state index contributed by atoms with van der Waals surface area (Å²) in [6.07, 6.45) is 3.40. The van der Waals surface area contributed by atoms with Crippen molar-refractivity contribution < 1.29 is 9.21 Å². The molecule has 3 nitrogen and oxygen atoms in total. The fourth-order valence-corrected chi connectivity index (χ4v) is 1.54. The van der Waals surface area contributed by atoms with Crippen molar-refractivity contribution in [3.63, 3.8) is 0 Å². The largest absolute Gasteiger partial charge is 0.472 e. The fraction of sp³-hybridized carbons (Fsp3) is 0.583. The van der Waals surface area contributed by atoms with E-state index in [1.54, 1.807) is 19.5 Å². The van der Waals surface area contributed by atoms with Crippen LogP contribution in [0.25, 0.3) is 0 Å². The Kier molecular flexibility index (Phi) is 3.69. The molecule has 0 unspecified atom stereocenters. The SMILES string of the molecule is CC(=O)C(C)(C)CN(C)Cc1ccoc1. The number of carbonyl (C=O) groups is 1. The predicted octanol–water partition coefficient (Wildman–Crippen LogP) is 2.33. The van der Waals surface area contributed by atoms with Crippen molar-refractivity contribution in [3.8, 4) is 0 Å². The van der Waals surface area contributed by atoms with E-state index < -0.39 is 0 Å². The van der Waals surface area contributed by atoms with Crippen LogP contribution in [0, 0.1) is 5.41 Å². The van der Waals surface area contributed by atoms with Gasteiger partial charge in [0.1, 0.15) is 5.78 Å². The summed E-state index contributed by atoms with van der Waals surface area (Å²) in [5.41, 5.74) is 0.857. The van der Waals surface area contributed by atoms with Gasteiger partial charge in [0.05, 0.1) is 12.5 Å². The Morgan fingerprint density at radius 1 is 1.53 bits per heavy atom. The molecule has 1 aromatic rings. The average molecular weight is 209 g/mol. The molecule has 0 aromatic carbocycles. The molecule has 0 amide bonds. The van der Waals surface area contributed by atoms with Crippen LogP contribution < -0.4 is 0 Å². The molecule has 1 heterocycles. The summed E-state index contributed by atoms with van der Waals surface area (Å²) in [5.74, 6) is 0.224. The predicted molar refractivity (Wildman–Crippen MR) is 59.5 cm³/mol. The lowest BCUT2D eigenvalue weighted by atomic mass is 9.88.